The van der Waals surface area contributed by atoms with E-state index in [0.717, 1.165) is 19.3 Å². The van der Waals surface area contributed by atoms with Gasteiger partial charge in [-0.25, -0.2) is 0 Å². The van der Waals surface area contributed by atoms with Gasteiger partial charge < -0.3 is 10.2 Å². The zero-order valence-electron chi connectivity index (χ0n) is 13.7. The van der Waals surface area contributed by atoms with Crippen LogP contribution in [0, 0.1) is 5.41 Å². The molecule has 0 saturated heterocycles. The monoisotopic (exact) mass is 308 g/mol. The van der Waals surface area contributed by atoms with Gasteiger partial charge in [-0.2, -0.15) is 0 Å². The van der Waals surface area contributed by atoms with E-state index in [1.165, 1.54) is 41.5 Å². The maximum absolute atomic E-state index is 9.95. The molecule has 2 N–H and O–H groups in total. The zero-order valence-corrected chi connectivity index (χ0v) is 13.7. The van der Waals surface area contributed by atoms with Crippen molar-refractivity contribution in [2.45, 2.75) is 51.4 Å². The van der Waals surface area contributed by atoms with Crippen molar-refractivity contribution < 1.29 is 10.2 Å². The Morgan fingerprint density at radius 3 is 2.35 bits per heavy atom. The molecule has 0 aromatic heterocycles. The molecule has 0 aliphatic heterocycles. The van der Waals surface area contributed by atoms with Crippen molar-refractivity contribution in [1.82, 2.24) is 0 Å². The Hall–Kier alpha value is -1.96. The molecule has 2 atom stereocenters. The second-order valence-corrected chi connectivity index (χ2v) is 7.42. The van der Waals surface area contributed by atoms with Gasteiger partial charge in [0, 0.05) is 0 Å². The Balaban J connectivity index is 1.74. The molecule has 23 heavy (non-hydrogen) atoms. The highest BCUT2D eigenvalue weighted by Gasteiger charge is 2.48. The quantitative estimate of drug-likeness (QED) is 0.862. The molecule has 0 radical (unpaired) electrons. The second kappa shape index (κ2) is 5.30. The van der Waals surface area contributed by atoms with Crippen LogP contribution in [0.2, 0.25) is 0 Å². The van der Waals surface area contributed by atoms with Crippen LogP contribution in [0.4, 0.5) is 0 Å². The summed E-state index contributed by atoms with van der Waals surface area (Å²) in [5, 5.41) is 19.8. The SMILES string of the molecule is CCCCC1c2cc(O)ccc2CC12Cc1ccc(O)cc1C2. The Morgan fingerprint density at radius 2 is 1.57 bits per heavy atom. The average molecular weight is 308 g/mol. The van der Waals surface area contributed by atoms with Gasteiger partial charge in [0.1, 0.15) is 11.5 Å². The maximum atomic E-state index is 9.95. The van der Waals surface area contributed by atoms with Gasteiger partial charge in [-0.3, -0.25) is 0 Å². The van der Waals surface area contributed by atoms with Crippen LogP contribution < -0.4 is 0 Å². The van der Waals surface area contributed by atoms with Crippen molar-refractivity contribution in [2.24, 2.45) is 5.41 Å². The van der Waals surface area contributed by atoms with Gasteiger partial charge in [0.15, 0.2) is 0 Å². The summed E-state index contributed by atoms with van der Waals surface area (Å²) in [5.74, 6) is 1.27. The number of phenols is 2. The van der Waals surface area contributed by atoms with Crippen molar-refractivity contribution in [3.8, 4) is 11.5 Å². The molecule has 0 fully saturated rings. The maximum Gasteiger partial charge on any atom is 0.115 e. The molecule has 2 aromatic rings. The summed E-state index contributed by atoms with van der Waals surface area (Å²) in [6.45, 7) is 2.24. The molecular weight excluding hydrogens is 284 g/mol. The molecule has 1 spiro atoms. The van der Waals surface area contributed by atoms with Crippen LogP contribution in [0.1, 0.15) is 54.4 Å². The van der Waals surface area contributed by atoms with Gasteiger partial charge in [-0.15, -0.1) is 0 Å². The molecule has 2 heteroatoms. The molecular formula is C21H24O2. The summed E-state index contributed by atoms with van der Waals surface area (Å²) >= 11 is 0. The smallest absolute Gasteiger partial charge is 0.115 e. The average Bonchev–Trinajstić information content (AvgIpc) is 3.01. The number of rotatable bonds is 3. The van der Waals surface area contributed by atoms with E-state index in [-0.39, 0.29) is 5.41 Å². The fourth-order valence-corrected chi connectivity index (χ4v) is 4.91. The van der Waals surface area contributed by atoms with Crippen molar-refractivity contribution in [3.05, 3.63) is 58.7 Å². The number of aromatic hydroxyl groups is 2. The topological polar surface area (TPSA) is 40.5 Å². The Labute approximate surface area is 137 Å². The fourth-order valence-electron chi connectivity index (χ4n) is 4.91. The summed E-state index contributed by atoms with van der Waals surface area (Å²) in [5.41, 5.74) is 5.70. The number of hydrogen-bond acceptors (Lipinski definition) is 2. The van der Waals surface area contributed by atoms with Gasteiger partial charge in [-0.05, 0) is 83.5 Å². The number of hydrogen-bond donors (Lipinski definition) is 2. The van der Waals surface area contributed by atoms with Crippen molar-refractivity contribution in [1.29, 1.82) is 0 Å². The molecule has 2 aromatic carbocycles. The van der Waals surface area contributed by atoms with Crippen molar-refractivity contribution in [2.75, 3.05) is 0 Å². The predicted octanol–water partition coefficient (Wildman–Crippen LogP) is 4.71. The van der Waals surface area contributed by atoms with Gasteiger partial charge in [0.05, 0.1) is 0 Å². The van der Waals surface area contributed by atoms with E-state index < -0.39 is 0 Å². The first-order chi connectivity index (χ1) is 11.1. The summed E-state index contributed by atoms with van der Waals surface area (Å²) < 4.78 is 0. The molecule has 2 aliphatic carbocycles. The van der Waals surface area contributed by atoms with E-state index in [1.807, 2.05) is 24.3 Å². The lowest BCUT2D eigenvalue weighted by Gasteiger charge is -2.32. The summed E-state index contributed by atoms with van der Waals surface area (Å²) in [6.07, 6.45) is 6.84. The van der Waals surface area contributed by atoms with Crippen LogP contribution in [0.15, 0.2) is 36.4 Å². The van der Waals surface area contributed by atoms with E-state index in [4.69, 9.17) is 0 Å². The Bertz CT molecular complexity index is 746. The molecule has 0 bridgehead atoms. The third-order valence-corrected chi connectivity index (χ3v) is 5.91. The summed E-state index contributed by atoms with van der Waals surface area (Å²) in [7, 11) is 0. The first-order valence-electron chi connectivity index (χ1n) is 8.74. The first-order valence-corrected chi connectivity index (χ1v) is 8.74. The van der Waals surface area contributed by atoms with Gasteiger partial charge in [0.2, 0.25) is 0 Å². The lowest BCUT2D eigenvalue weighted by atomic mass is 9.71. The lowest BCUT2D eigenvalue weighted by Crippen LogP contribution is -2.27. The molecule has 120 valence electrons. The molecule has 0 amide bonds. The van der Waals surface area contributed by atoms with Gasteiger partial charge >= 0.3 is 0 Å². The zero-order chi connectivity index (χ0) is 16.0. The minimum absolute atomic E-state index is 0.238. The largest absolute Gasteiger partial charge is 0.508 e. The number of phenolic OH excluding ortho intramolecular Hbond substituents is 2. The van der Waals surface area contributed by atoms with Crippen LogP contribution >= 0.6 is 0 Å². The van der Waals surface area contributed by atoms with E-state index in [1.54, 1.807) is 0 Å². The lowest BCUT2D eigenvalue weighted by molar-refractivity contribution is 0.245. The van der Waals surface area contributed by atoms with Crippen LogP contribution in [-0.4, -0.2) is 10.2 Å². The minimum Gasteiger partial charge on any atom is -0.508 e. The molecule has 0 saturated carbocycles. The Kier molecular flexibility index (Phi) is 3.37. The highest BCUT2D eigenvalue weighted by atomic mass is 16.3. The molecule has 4 rings (SSSR count). The van der Waals surface area contributed by atoms with Crippen LogP contribution in [0.3, 0.4) is 0 Å². The predicted molar refractivity (Wildman–Crippen MR) is 92.0 cm³/mol. The highest BCUT2D eigenvalue weighted by Crippen LogP contribution is 2.57. The fraction of sp³-hybridized carbons (Fsp3) is 0.429. The van der Waals surface area contributed by atoms with Crippen molar-refractivity contribution >= 4 is 0 Å². The van der Waals surface area contributed by atoms with E-state index in [2.05, 4.69) is 19.1 Å². The molecule has 0 heterocycles. The third kappa shape index (κ3) is 2.32. The van der Waals surface area contributed by atoms with E-state index >= 15 is 0 Å². The van der Waals surface area contributed by atoms with E-state index in [9.17, 15) is 10.2 Å². The van der Waals surface area contributed by atoms with Crippen LogP contribution in [0.5, 0.6) is 11.5 Å². The van der Waals surface area contributed by atoms with Crippen LogP contribution in [-0.2, 0) is 19.3 Å². The number of fused-ring (bicyclic) bond motifs is 2. The Morgan fingerprint density at radius 1 is 0.913 bits per heavy atom. The molecule has 2 aliphatic rings. The second-order valence-electron chi connectivity index (χ2n) is 7.42. The highest BCUT2D eigenvalue weighted by molar-refractivity contribution is 5.49. The van der Waals surface area contributed by atoms with Gasteiger partial charge in [-0.1, -0.05) is 31.9 Å². The van der Waals surface area contributed by atoms with Gasteiger partial charge in [0.25, 0.3) is 0 Å². The normalized spacial score (nSPS) is 24.8. The number of unbranched alkanes of at least 4 members (excludes halogenated alkanes) is 1. The summed E-state index contributed by atoms with van der Waals surface area (Å²) in [4.78, 5) is 0. The van der Waals surface area contributed by atoms with Crippen molar-refractivity contribution in [3.63, 3.8) is 0 Å². The standard InChI is InChI=1S/C21H24O2/c1-2-3-4-20-19-10-18(23)8-6-15(19)12-21(20)11-14-5-7-17(22)9-16(14)13-21/h5-10,20,22-23H,2-4,11-13H2,1H3. The molecule has 2 unspecified atom stereocenters. The minimum atomic E-state index is 0.238. The van der Waals surface area contributed by atoms with Crippen LogP contribution in [0.25, 0.3) is 0 Å². The third-order valence-electron chi connectivity index (χ3n) is 5.91. The van der Waals surface area contributed by atoms with E-state index in [0.29, 0.717) is 17.4 Å². The molecule has 2 nitrogen and oxygen atoms in total. The number of benzene rings is 2. The first kappa shape index (κ1) is 14.6. The summed E-state index contributed by atoms with van der Waals surface area (Å²) in [6, 6.07) is 11.8.